The fourth-order valence-corrected chi connectivity index (χ4v) is 2.54. The second kappa shape index (κ2) is 5.58. The molecule has 0 amide bonds. The molecule has 2 N–H and O–H groups in total. The van der Waals surface area contributed by atoms with Gasteiger partial charge < -0.3 is 14.3 Å². The molecule has 0 aliphatic carbocycles. The lowest BCUT2D eigenvalue weighted by Crippen LogP contribution is -2.00. The van der Waals surface area contributed by atoms with Crippen LogP contribution in [0.4, 0.5) is 0 Å². The summed E-state index contributed by atoms with van der Waals surface area (Å²) in [7, 11) is 0. The van der Waals surface area contributed by atoms with Crippen LogP contribution in [0.3, 0.4) is 0 Å². The van der Waals surface area contributed by atoms with Gasteiger partial charge in [-0.25, -0.2) is 4.79 Å². The zero-order chi connectivity index (χ0) is 16.5. The van der Waals surface area contributed by atoms with Crippen LogP contribution in [-0.2, 0) is 0 Å². The SMILES string of the molecule is O=C(O)c1cc(-c2cn[nH]c2)ccc1Oc1cccc2ccoc12. The third-order valence-corrected chi connectivity index (χ3v) is 3.70. The topological polar surface area (TPSA) is 88.3 Å². The second-order valence-corrected chi connectivity index (χ2v) is 5.20. The number of hydrogen-bond acceptors (Lipinski definition) is 4. The number of para-hydroxylation sites is 1. The third-order valence-electron chi connectivity index (χ3n) is 3.70. The highest BCUT2D eigenvalue weighted by Crippen LogP contribution is 2.34. The lowest BCUT2D eigenvalue weighted by atomic mass is 10.1. The van der Waals surface area contributed by atoms with E-state index in [1.165, 1.54) is 0 Å². The Bertz CT molecular complexity index is 1020. The number of carbonyl (C=O) groups is 1. The molecule has 2 aromatic carbocycles. The van der Waals surface area contributed by atoms with E-state index < -0.39 is 5.97 Å². The molecule has 0 spiro atoms. The van der Waals surface area contributed by atoms with Crippen LogP contribution in [0.5, 0.6) is 11.5 Å². The monoisotopic (exact) mass is 320 g/mol. The number of aromatic amines is 1. The summed E-state index contributed by atoms with van der Waals surface area (Å²) in [6.07, 6.45) is 4.90. The molecule has 0 aliphatic rings. The summed E-state index contributed by atoms with van der Waals surface area (Å²) in [6, 6.07) is 12.3. The summed E-state index contributed by atoms with van der Waals surface area (Å²) in [6.45, 7) is 0. The predicted octanol–water partition coefficient (Wildman–Crippen LogP) is 4.31. The molecule has 4 aromatic rings. The molecule has 6 heteroatoms. The van der Waals surface area contributed by atoms with E-state index in [1.807, 2.05) is 18.2 Å². The number of rotatable bonds is 4. The number of fused-ring (bicyclic) bond motifs is 1. The van der Waals surface area contributed by atoms with Crippen LogP contribution >= 0.6 is 0 Å². The van der Waals surface area contributed by atoms with E-state index in [9.17, 15) is 9.90 Å². The molecule has 0 unspecified atom stereocenters. The molecule has 118 valence electrons. The van der Waals surface area contributed by atoms with Gasteiger partial charge in [-0.05, 0) is 29.8 Å². The van der Waals surface area contributed by atoms with Crippen molar-refractivity contribution < 1.29 is 19.1 Å². The van der Waals surface area contributed by atoms with Crippen molar-refractivity contribution in [2.75, 3.05) is 0 Å². The third kappa shape index (κ3) is 2.40. The standard InChI is InChI=1S/C18H12N2O4/c21-18(22)14-8-12(13-9-19-20-10-13)4-5-15(14)24-16-3-1-2-11-6-7-23-17(11)16/h1-10H,(H,19,20)(H,21,22). The molecule has 0 atom stereocenters. The molecule has 2 aromatic heterocycles. The molecule has 2 heterocycles. The minimum Gasteiger partial charge on any atom is -0.478 e. The summed E-state index contributed by atoms with van der Waals surface area (Å²) in [4.78, 5) is 11.6. The van der Waals surface area contributed by atoms with Crippen LogP contribution in [0.2, 0.25) is 0 Å². The average molecular weight is 320 g/mol. The van der Waals surface area contributed by atoms with Crippen LogP contribution in [-0.4, -0.2) is 21.3 Å². The lowest BCUT2D eigenvalue weighted by molar-refractivity contribution is 0.0694. The molecule has 0 aliphatic heterocycles. The van der Waals surface area contributed by atoms with Crippen LogP contribution in [0.1, 0.15) is 10.4 Å². The van der Waals surface area contributed by atoms with Crippen molar-refractivity contribution >= 4 is 16.9 Å². The number of ether oxygens (including phenoxy) is 1. The first kappa shape index (κ1) is 14.1. The van der Waals surface area contributed by atoms with Crippen molar-refractivity contribution in [3.8, 4) is 22.6 Å². The van der Waals surface area contributed by atoms with Gasteiger partial charge in [0.05, 0.1) is 12.5 Å². The number of H-pyrrole nitrogens is 1. The predicted molar refractivity (Wildman–Crippen MR) is 87.3 cm³/mol. The molecule has 0 bridgehead atoms. The number of aromatic nitrogens is 2. The summed E-state index contributed by atoms with van der Waals surface area (Å²) in [5.74, 6) is -0.350. The lowest BCUT2D eigenvalue weighted by Gasteiger charge is -2.10. The number of nitrogens with one attached hydrogen (secondary N) is 1. The van der Waals surface area contributed by atoms with Gasteiger partial charge in [-0.2, -0.15) is 5.10 Å². The van der Waals surface area contributed by atoms with E-state index >= 15 is 0 Å². The van der Waals surface area contributed by atoms with Gasteiger partial charge in [0.15, 0.2) is 11.3 Å². The molecule has 0 fully saturated rings. The Labute approximate surface area is 136 Å². The summed E-state index contributed by atoms with van der Waals surface area (Å²) < 4.78 is 11.2. The van der Waals surface area contributed by atoms with Crippen molar-refractivity contribution in [2.45, 2.75) is 0 Å². The highest BCUT2D eigenvalue weighted by Gasteiger charge is 2.16. The van der Waals surface area contributed by atoms with Gasteiger partial charge in [-0.15, -0.1) is 0 Å². The normalized spacial score (nSPS) is 10.8. The quantitative estimate of drug-likeness (QED) is 0.585. The van der Waals surface area contributed by atoms with Crippen LogP contribution in [0.15, 0.2) is 65.5 Å². The molecule has 0 saturated heterocycles. The van der Waals surface area contributed by atoms with E-state index in [0.717, 1.165) is 16.5 Å². The number of carboxylic acid groups (broad SMARTS) is 1. The molecule has 0 radical (unpaired) electrons. The minimum atomic E-state index is -1.07. The smallest absolute Gasteiger partial charge is 0.339 e. The van der Waals surface area contributed by atoms with Gasteiger partial charge in [0.1, 0.15) is 11.3 Å². The van der Waals surface area contributed by atoms with Gasteiger partial charge in [0, 0.05) is 17.1 Å². The first-order chi connectivity index (χ1) is 11.7. The average Bonchev–Trinajstić information content (AvgIpc) is 3.27. The van der Waals surface area contributed by atoms with Gasteiger partial charge >= 0.3 is 5.97 Å². The van der Waals surface area contributed by atoms with Crippen molar-refractivity contribution in [3.63, 3.8) is 0 Å². The first-order valence-corrected chi connectivity index (χ1v) is 7.23. The number of aromatic carboxylic acids is 1. The summed E-state index contributed by atoms with van der Waals surface area (Å²) in [5.41, 5.74) is 2.19. The highest BCUT2D eigenvalue weighted by atomic mass is 16.5. The Balaban J connectivity index is 1.77. The van der Waals surface area contributed by atoms with E-state index in [1.54, 1.807) is 42.9 Å². The van der Waals surface area contributed by atoms with Crippen LogP contribution in [0, 0.1) is 0 Å². The van der Waals surface area contributed by atoms with E-state index in [-0.39, 0.29) is 11.3 Å². The van der Waals surface area contributed by atoms with E-state index in [4.69, 9.17) is 9.15 Å². The Morgan fingerprint density at radius 1 is 1.12 bits per heavy atom. The number of carboxylic acids is 1. The number of hydrogen-bond donors (Lipinski definition) is 2. The van der Waals surface area contributed by atoms with Crippen molar-refractivity contribution in [1.82, 2.24) is 10.2 Å². The molecular formula is C18H12N2O4. The van der Waals surface area contributed by atoms with E-state index in [0.29, 0.717) is 11.3 Å². The summed E-state index contributed by atoms with van der Waals surface area (Å²) >= 11 is 0. The van der Waals surface area contributed by atoms with E-state index in [2.05, 4.69) is 10.2 Å². The first-order valence-electron chi connectivity index (χ1n) is 7.23. The fourth-order valence-electron chi connectivity index (χ4n) is 2.54. The maximum absolute atomic E-state index is 11.6. The van der Waals surface area contributed by atoms with Gasteiger partial charge in [0.25, 0.3) is 0 Å². The second-order valence-electron chi connectivity index (χ2n) is 5.20. The molecule has 24 heavy (non-hydrogen) atoms. The van der Waals surface area contributed by atoms with Crippen molar-refractivity contribution in [3.05, 3.63) is 66.7 Å². The number of nitrogens with zero attached hydrogens (tertiary/aromatic N) is 1. The maximum Gasteiger partial charge on any atom is 0.339 e. The molecule has 0 saturated carbocycles. The Morgan fingerprint density at radius 2 is 2.04 bits per heavy atom. The highest BCUT2D eigenvalue weighted by molar-refractivity contribution is 5.93. The van der Waals surface area contributed by atoms with Crippen molar-refractivity contribution in [1.29, 1.82) is 0 Å². The van der Waals surface area contributed by atoms with Crippen LogP contribution in [0.25, 0.3) is 22.1 Å². The minimum absolute atomic E-state index is 0.0669. The zero-order valence-electron chi connectivity index (χ0n) is 12.4. The van der Waals surface area contributed by atoms with Gasteiger partial charge in [-0.1, -0.05) is 18.2 Å². The Hall–Kier alpha value is -3.54. The van der Waals surface area contributed by atoms with Crippen molar-refractivity contribution in [2.24, 2.45) is 0 Å². The van der Waals surface area contributed by atoms with Crippen LogP contribution < -0.4 is 4.74 Å². The molecule has 6 nitrogen and oxygen atoms in total. The maximum atomic E-state index is 11.6. The Morgan fingerprint density at radius 3 is 2.83 bits per heavy atom. The van der Waals surface area contributed by atoms with Gasteiger partial charge in [0.2, 0.25) is 0 Å². The fraction of sp³-hybridized carbons (Fsp3) is 0. The Kier molecular flexibility index (Phi) is 3.28. The molecular weight excluding hydrogens is 308 g/mol. The zero-order valence-corrected chi connectivity index (χ0v) is 12.4. The number of benzene rings is 2. The van der Waals surface area contributed by atoms with Gasteiger partial charge in [-0.3, -0.25) is 5.10 Å². The molecule has 4 rings (SSSR count). The largest absolute Gasteiger partial charge is 0.478 e. The summed E-state index contributed by atoms with van der Waals surface area (Å²) in [5, 5.41) is 17.0. The number of furan rings is 1.